The van der Waals surface area contributed by atoms with Crippen LogP contribution in [0.15, 0.2) is 84.0 Å². The second kappa shape index (κ2) is 12.0. The minimum Gasteiger partial charge on any atom is -0.489 e. The van der Waals surface area contributed by atoms with E-state index in [0.717, 1.165) is 41.2 Å². The maximum absolute atomic E-state index is 12.5. The molecule has 0 unspecified atom stereocenters. The van der Waals surface area contributed by atoms with Crippen LogP contribution in [0.4, 0.5) is 5.69 Å². The van der Waals surface area contributed by atoms with Crippen molar-refractivity contribution in [3.63, 3.8) is 0 Å². The molecule has 4 aromatic rings. The third kappa shape index (κ3) is 6.52. The molecule has 1 aromatic heterocycles. The number of aromatic nitrogens is 2. The molecule has 4 rings (SSSR count). The summed E-state index contributed by atoms with van der Waals surface area (Å²) in [6.45, 7) is 6.61. The number of carbonyl (C=O) groups is 1. The molecule has 0 aliphatic carbocycles. The Hall–Kier alpha value is -4.10. The lowest BCUT2D eigenvalue weighted by Crippen LogP contribution is -2.21. The summed E-state index contributed by atoms with van der Waals surface area (Å²) < 4.78 is 5.82. The van der Waals surface area contributed by atoms with E-state index in [-0.39, 0.29) is 5.91 Å². The number of halogens is 1. The zero-order valence-corrected chi connectivity index (χ0v) is 21.0. The van der Waals surface area contributed by atoms with Crippen LogP contribution in [0.1, 0.15) is 35.5 Å². The largest absolute Gasteiger partial charge is 0.489 e. The molecule has 0 saturated carbocycles. The second-order valence-corrected chi connectivity index (χ2v) is 8.51. The number of nitrogens with one attached hydrogen (secondary N) is 2. The van der Waals surface area contributed by atoms with Gasteiger partial charge in [0.05, 0.1) is 11.9 Å². The van der Waals surface area contributed by atoms with Gasteiger partial charge >= 0.3 is 0 Å². The van der Waals surface area contributed by atoms with E-state index in [0.29, 0.717) is 23.0 Å². The molecule has 0 bridgehead atoms. The third-order valence-corrected chi connectivity index (χ3v) is 5.94. The lowest BCUT2D eigenvalue weighted by atomic mass is 10.1. The first-order valence-electron chi connectivity index (χ1n) is 11.8. The molecule has 1 heterocycles. The molecule has 0 saturated heterocycles. The lowest BCUT2D eigenvalue weighted by Gasteiger charge is -2.20. The fourth-order valence-corrected chi connectivity index (χ4v) is 3.77. The number of hydrogen-bond donors (Lipinski definition) is 2. The topological polar surface area (TPSA) is 82.6 Å². The molecule has 8 heteroatoms. The number of nitrogens with zero attached hydrogens (tertiary/aromatic N) is 3. The normalized spacial score (nSPS) is 11.0. The highest BCUT2D eigenvalue weighted by atomic mass is 35.5. The third-order valence-electron chi connectivity index (χ3n) is 5.69. The Kier molecular flexibility index (Phi) is 8.36. The summed E-state index contributed by atoms with van der Waals surface area (Å²) in [7, 11) is 0. The maximum Gasteiger partial charge on any atom is 0.289 e. The Balaban J connectivity index is 1.30. The number of ether oxygens (including phenoxy) is 1. The van der Waals surface area contributed by atoms with Crippen molar-refractivity contribution in [3.8, 4) is 17.0 Å². The van der Waals surface area contributed by atoms with Gasteiger partial charge in [0.1, 0.15) is 18.1 Å². The van der Waals surface area contributed by atoms with E-state index in [2.05, 4.69) is 39.5 Å². The van der Waals surface area contributed by atoms with Crippen LogP contribution in [-0.4, -0.2) is 35.4 Å². The van der Waals surface area contributed by atoms with Crippen molar-refractivity contribution in [3.05, 3.63) is 101 Å². The van der Waals surface area contributed by atoms with Crippen LogP contribution < -0.4 is 15.1 Å². The van der Waals surface area contributed by atoms with E-state index >= 15 is 0 Å². The molecule has 0 spiro atoms. The van der Waals surface area contributed by atoms with Gasteiger partial charge in [-0.3, -0.25) is 9.89 Å². The molecule has 0 fully saturated rings. The number of H-pyrrole nitrogens is 1. The average molecular weight is 502 g/mol. The van der Waals surface area contributed by atoms with Gasteiger partial charge in [-0.05, 0) is 79.6 Å². The second-order valence-electron chi connectivity index (χ2n) is 8.07. The zero-order chi connectivity index (χ0) is 25.3. The minimum atomic E-state index is -0.368. The molecule has 0 aliphatic heterocycles. The predicted octanol–water partition coefficient (Wildman–Crippen LogP) is 5.92. The maximum atomic E-state index is 12.5. The standard InChI is InChI=1S/C28H28ClN5O2/c1-3-34(4-2)24-13-7-20(8-14-24)18-30-33-28(35)27-17-26(31-32-27)22-9-15-25(16-10-22)36-19-21-5-11-23(29)12-6-21/h5-18H,3-4,19H2,1-2H3,(H,31,32)(H,33,35). The van der Waals surface area contributed by atoms with Gasteiger partial charge in [0.15, 0.2) is 0 Å². The molecule has 3 aromatic carbocycles. The van der Waals surface area contributed by atoms with Gasteiger partial charge in [-0.1, -0.05) is 35.9 Å². The summed E-state index contributed by atoms with van der Waals surface area (Å²) in [6, 6.07) is 24.8. The summed E-state index contributed by atoms with van der Waals surface area (Å²) in [5.41, 5.74) is 7.46. The van der Waals surface area contributed by atoms with Crippen LogP contribution in [0, 0.1) is 0 Å². The molecule has 0 radical (unpaired) electrons. The average Bonchev–Trinajstić information content (AvgIpc) is 3.41. The van der Waals surface area contributed by atoms with Gasteiger partial charge in [-0.15, -0.1) is 0 Å². The number of benzene rings is 3. The molecule has 1 amide bonds. The number of anilines is 1. The minimum absolute atomic E-state index is 0.321. The van der Waals surface area contributed by atoms with Gasteiger partial charge in [-0.25, -0.2) is 5.43 Å². The smallest absolute Gasteiger partial charge is 0.289 e. The van der Waals surface area contributed by atoms with Gasteiger partial charge in [0.25, 0.3) is 5.91 Å². The quantitative estimate of drug-likeness (QED) is 0.209. The number of rotatable bonds is 10. The molecule has 0 atom stereocenters. The van der Waals surface area contributed by atoms with Crippen LogP contribution in [-0.2, 0) is 6.61 Å². The molecular weight excluding hydrogens is 474 g/mol. The molecule has 2 N–H and O–H groups in total. The van der Waals surface area contributed by atoms with Crippen molar-refractivity contribution >= 4 is 29.4 Å². The van der Waals surface area contributed by atoms with Crippen LogP contribution in [0.25, 0.3) is 11.3 Å². The highest BCUT2D eigenvalue weighted by Crippen LogP contribution is 2.22. The van der Waals surface area contributed by atoms with Crippen LogP contribution in [0.3, 0.4) is 0 Å². The molecule has 0 aliphatic rings. The number of carbonyl (C=O) groups excluding carboxylic acids is 1. The summed E-state index contributed by atoms with van der Waals surface area (Å²) in [6.07, 6.45) is 1.62. The van der Waals surface area contributed by atoms with E-state index in [9.17, 15) is 4.79 Å². The van der Waals surface area contributed by atoms with E-state index in [1.165, 1.54) is 0 Å². The summed E-state index contributed by atoms with van der Waals surface area (Å²) >= 11 is 5.92. The Morgan fingerprint density at radius 2 is 1.72 bits per heavy atom. The van der Waals surface area contributed by atoms with Crippen molar-refractivity contribution in [2.75, 3.05) is 18.0 Å². The van der Waals surface area contributed by atoms with Crippen molar-refractivity contribution < 1.29 is 9.53 Å². The first-order chi connectivity index (χ1) is 17.6. The van der Waals surface area contributed by atoms with Crippen molar-refractivity contribution in [2.24, 2.45) is 5.10 Å². The summed E-state index contributed by atoms with van der Waals surface area (Å²) in [5, 5.41) is 11.8. The Morgan fingerprint density at radius 3 is 2.39 bits per heavy atom. The monoisotopic (exact) mass is 501 g/mol. The van der Waals surface area contributed by atoms with Gasteiger partial charge in [-0.2, -0.15) is 10.2 Å². The lowest BCUT2D eigenvalue weighted by molar-refractivity contribution is 0.0950. The zero-order valence-electron chi connectivity index (χ0n) is 20.2. The Labute approximate surface area is 215 Å². The molecule has 36 heavy (non-hydrogen) atoms. The first kappa shape index (κ1) is 25.0. The van der Waals surface area contributed by atoms with Crippen LogP contribution in [0.2, 0.25) is 5.02 Å². The summed E-state index contributed by atoms with van der Waals surface area (Å²) in [4.78, 5) is 14.7. The van der Waals surface area contributed by atoms with E-state index in [4.69, 9.17) is 16.3 Å². The highest BCUT2D eigenvalue weighted by molar-refractivity contribution is 6.30. The number of aromatic amines is 1. The number of amides is 1. The van der Waals surface area contributed by atoms with Crippen LogP contribution in [0.5, 0.6) is 5.75 Å². The van der Waals surface area contributed by atoms with Gasteiger partial charge < -0.3 is 9.64 Å². The van der Waals surface area contributed by atoms with Crippen LogP contribution >= 0.6 is 11.6 Å². The van der Waals surface area contributed by atoms with E-state index in [1.807, 2.05) is 72.8 Å². The first-order valence-corrected chi connectivity index (χ1v) is 12.1. The molecular formula is C28H28ClN5O2. The van der Waals surface area contributed by atoms with Crippen molar-refractivity contribution in [1.82, 2.24) is 15.6 Å². The van der Waals surface area contributed by atoms with E-state index in [1.54, 1.807) is 12.3 Å². The SMILES string of the molecule is CCN(CC)c1ccc(C=NNC(=O)c2cc(-c3ccc(OCc4ccc(Cl)cc4)cc3)n[nH]2)cc1. The Bertz CT molecular complexity index is 1300. The Morgan fingerprint density at radius 1 is 1.03 bits per heavy atom. The van der Waals surface area contributed by atoms with Gasteiger partial charge in [0.2, 0.25) is 0 Å². The molecule has 184 valence electrons. The number of hydrazone groups is 1. The fourth-order valence-electron chi connectivity index (χ4n) is 3.64. The van der Waals surface area contributed by atoms with Crippen molar-refractivity contribution in [2.45, 2.75) is 20.5 Å². The van der Waals surface area contributed by atoms with Gasteiger partial charge in [0, 0.05) is 29.4 Å². The molecule has 7 nitrogen and oxygen atoms in total. The summed E-state index contributed by atoms with van der Waals surface area (Å²) in [5.74, 6) is 0.370. The van der Waals surface area contributed by atoms with E-state index < -0.39 is 0 Å². The predicted molar refractivity (Wildman–Crippen MR) is 145 cm³/mol. The number of hydrogen-bond acceptors (Lipinski definition) is 5. The highest BCUT2D eigenvalue weighted by Gasteiger charge is 2.11. The fraction of sp³-hybridized carbons (Fsp3) is 0.179. The van der Waals surface area contributed by atoms with Crippen molar-refractivity contribution in [1.29, 1.82) is 0 Å².